The van der Waals surface area contributed by atoms with Gasteiger partial charge in [0.2, 0.25) is 10.0 Å². The number of carbonyl (C=O) groups excluding carboxylic acids is 1. The summed E-state index contributed by atoms with van der Waals surface area (Å²) < 4.78 is 28.8. The second-order valence-electron chi connectivity index (χ2n) is 6.80. The molecule has 0 unspecified atom stereocenters. The molecular formula is C20H20N2O3S2. The SMILES string of the molecule is CC(=O)c1ccc(S(=O)(=O)N2CCC[C@H](c3nc4ccccc4s3)C2)cc1. The summed E-state index contributed by atoms with van der Waals surface area (Å²) in [6.07, 6.45) is 1.75. The molecule has 0 amide bonds. The van der Waals surface area contributed by atoms with E-state index in [1.54, 1.807) is 27.8 Å². The van der Waals surface area contributed by atoms with Crippen LogP contribution < -0.4 is 0 Å². The Labute approximate surface area is 162 Å². The van der Waals surface area contributed by atoms with Crippen molar-refractivity contribution in [1.82, 2.24) is 9.29 Å². The summed E-state index contributed by atoms with van der Waals surface area (Å²) in [6, 6.07) is 14.2. The lowest BCUT2D eigenvalue weighted by atomic mass is 10.0. The highest BCUT2D eigenvalue weighted by Crippen LogP contribution is 2.34. The van der Waals surface area contributed by atoms with Crippen LogP contribution in [0.25, 0.3) is 10.2 Å². The normalized spacial score (nSPS) is 18.6. The first kappa shape index (κ1) is 18.3. The highest BCUT2D eigenvalue weighted by atomic mass is 32.2. The Hall–Kier alpha value is -2.09. The molecule has 27 heavy (non-hydrogen) atoms. The predicted molar refractivity (Wildman–Crippen MR) is 107 cm³/mol. The number of carbonyl (C=O) groups is 1. The van der Waals surface area contributed by atoms with Gasteiger partial charge in [-0.15, -0.1) is 11.3 Å². The number of nitrogens with zero attached hydrogens (tertiary/aromatic N) is 2. The maximum atomic E-state index is 13.0. The lowest BCUT2D eigenvalue weighted by Crippen LogP contribution is -2.39. The highest BCUT2D eigenvalue weighted by molar-refractivity contribution is 7.89. The van der Waals surface area contributed by atoms with Crippen LogP contribution in [0.2, 0.25) is 0 Å². The maximum Gasteiger partial charge on any atom is 0.243 e. The van der Waals surface area contributed by atoms with E-state index in [4.69, 9.17) is 4.98 Å². The zero-order valence-electron chi connectivity index (χ0n) is 15.0. The molecule has 0 N–H and O–H groups in total. The summed E-state index contributed by atoms with van der Waals surface area (Å²) >= 11 is 1.65. The van der Waals surface area contributed by atoms with Crippen LogP contribution in [0, 0.1) is 0 Å². The lowest BCUT2D eigenvalue weighted by molar-refractivity contribution is 0.101. The Morgan fingerprint density at radius 2 is 1.89 bits per heavy atom. The number of rotatable bonds is 4. The Morgan fingerprint density at radius 3 is 2.59 bits per heavy atom. The van der Waals surface area contributed by atoms with Crippen molar-refractivity contribution >= 4 is 37.4 Å². The number of sulfonamides is 1. The van der Waals surface area contributed by atoms with Gasteiger partial charge in [-0.05, 0) is 44.0 Å². The van der Waals surface area contributed by atoms with Crippen LogP contribution in [-0.2, 0) is 10.0 Å². The average Bonchev–Trinajstić information content (AvgIpc) is 3.12. The first-order valence-corrected chi connectivity index (χ1v) is 11.2. The van der Waals surface area contributed by atoms with Crippen molar-refractivity contribution in [3.63, 3.8) is 0 Å². The second-order valence-corrected chi connectivity index (χ2v) is 9.80. The largest absolute Gasteiger partial charge is 0.295 e. The molecule has 0 bridgehead atoms. The van der Waals surface area contributed by atoms with Crippen LogP contribution in [0.3, 0.4) is 0 Å². The number of para-hydroxylation sites is 1. The summed E-state index contributed by atoms with van der Waals surface area (Å²) in [4.78, 5) is 16.4. The number of ketones is 1. The Bertz CT molecular complexity index is 1050. The molecular weight excluding hydrogens is 380 g/mol. The molecule has 2 heterocycles. The Kier molecular flexibility index (Phi) is 4.84. The van der Waals surface area contributed by atoms with E-state index in [1.807, 2.05) is 24.3 Å². The van der Waals surface area contributed by atoms with Crippen molar-refractivity contribution in [2.75, 3.05) is 13.1 Å². The van der Waals surface area contributed by atoms with E-state index in [2.05, 4.69) is 0 Å². The molecule has 0 aliphatic carbocycles. The summed E-state index contributed by atoms with van der Waals surface area (Å²) in [6.45, 7) is 2.42. The fourth-order valence-electron chi connectivity index (χ4n) is 3.44. The topological polar surface area (TPSA) is 67.3 Å². The Morgan fingerprint density at radius 1 is 1.15 bits per heavy atom. The van der Waals surface area contributed by atoms with Gasteiger partial charge in [0.15, 0.2) is 5.78 Å². The molecule has 7 heteroatoms. The van der Waals surface area contributed by atoms with Gasteiger partial charge in [-0.25, -0.2) is 13.4 Å². The van der Waals surface area contributed by atoms with E-state index in [0.29, 0.717) is 18.7 Å². The quantitative estimate of drug-likeness (QED) is 0.619. The maximum absolute atomic E-state index is 13.0. The number of hydrogen-bond donors (Lipinski definition) is 0. The van der Waals surface area contributed by atoms with Gasteiger partial charge in [0.1, 0.15) is 0 Å². The molecule has 3 aromatic rings. The molecule has 4 rings (SSSR count). The standard InChI is InChI=1S/C20H20N2O3S2/c1-14(23)15-8-10-17(11-9-15)27(24,25)22-12-4-5-16(13-22)20-21-18-6-2-3-7-19(18)26-20/h2-3,6-11,16H,4-5,12-13H2,1H3/t16-/m0/s1. The van der Waals surface area contributed by atoms with Crippen molar-refractivity contribution in [1.29, 1.82) is 0 Å². The summed E-state index contributed by atoms with van der Waals surface area (Å²) in [7, 11) is -3.58. The summed E-state index contributed by atoms with van der Waals surface area (Å²) in [5.74, 6) is 0.0373. The van der Waals surface area contributed by atoms with Gasteiger partial charge in [-0.3, -0.25) is 4.79 Å². The van der Waals surface area contributed by atoms with Gasteiger partial charge in [0.05, 0.1) is 20.1 Å². The zero-order valence-corrected chi connectivity index (χ0v) is 16.6. The van der Waals surface area contributed by atoms with Crippen molar-refractivity contribution in [3.8, 4) is 0 Å². The number of benzene rings is 2. The van der Waals surface area contributed by atoms with E-state index < -0.39 is 10.0 Å². The summed E-state index contributed by atoms with van der Waals surface area (Å²) in [5, 5.41) is 1.00. The molecule has 1 atom stereocenters. The number of Topliss-reactive ketones (excluding diaryl/α,β-unsaturated/α-hetero) is 1. The van der Waals surface area contributed by atoms with E-state index >= 15 is 0 Å². The molecule has 1 aliphatic heterocycles. The molecule has 0 saturated carbocycles. The van der Waals surface area contributed by atoms with Crippen LogP contribution in [-0.4, -0.2) is 36.6 Å². The minimum absolute atomic E-state index is 0.0761. The highest BCUT2D eigenvalue weighted by Gasteiger charge is 2.32. The number of hydrogen-bond acceptors (Lipinski definition) is 5. The van der Waals surface area contributed by atoms with Gasteiger partial charge in [-0.2, -0.15) is 4.31 Å². The molecule has 1 saturated heterocycles. The predicted octanol–water partition coefficient (Wildman–Crippen LogP) is 4.07. The molecule has 1 aromatic heterocycles. The van der Waals surface area contributed by atoms with Gasteiger partial charge >= 0.3 is 0 Å². The number of thiazole rings is 1. The van der Waals surface area contributed by atoms with Crippen LogP contribution in [0.4, 0.5) is 0 Å². The van der Waals surface area contributed by atoms with E-state index in [0.717, 1.165) is 28.1 Å². The Balaban J connectivity index is 1.58. The number of aromatic nitrogens is 1. The smallest absolute Gasteiger partial charge is 0.243 e. The van der Waals surface area contributed by atoms with Gasteiger partial charge in [-0.1, -0.05) is 24.3 Å². The number of fused-ring (bicyclic) bond motifs is 1. The minimum Gasteiger partial charge on any atom is -0.295 e. The van der Waals surface area contributed by atoms with Crippen molar-refractivity contribution in [2.24, 2.45) is 0 Å². The molecule has 5 nitrogen and oxygen atoms in total. The van der Waals surface area contributed by atoms with Gasteiger partial charge < -0.3 is 0 Å². The van der Waals surface area contributed by atoms with Gasteiger partial charge in [0, 0.05) is 24.6 Å². The van der Waals surface area contributed by atoms with Crippen LogP contribution in [0.15, 0.2) is 53.4 Å². The third kappa shape index (κ3) is 3.54. The van der Waals surface area contributed by atoms with Gasteiger partial charge in [0.25, 0.3) is 0 Å². The molecule has 0 spiro atoms. The van der Waals surface area contributed by atoms with Crippen molar-refractivity contribution in [2.45, 2.75) is 30.6 Å². The first-order chi connectivity index (χ1) is 12.9. The fraction of sp³-hybridized carbons (Fsp3) is 0.300. The van der Waals surface area contributed by atoms with E-state index in [1.165, 1.54) is 19.1 Å². The first-order valence-electron chi connectivity index (χ1n) is 8.92. The van der Waals surface area contributed by atoms with Crippen LogP contribution >= 0.6 is 11.3 Å². The molecule has 1 aliphatic rings. The zero-order chi connectivity index (χ0) is 19.0. The van der Waals surface area contributed by atoms with Crippen LogP contribution in [0.1, 0.15) is 41.0 Å². The monoisotopic (exact) mass is 400 g/mol. The minimum atomic E-state index is -3.58. The molecule has 0 radical (unpaired) electrons. The summed E-state index contributed by atoms with van der Waals surface area (Å²) in [5.41, 5.74) is 1.48. The van der Waals surface area contributed by atoms with E-state index in [9.17, 15) is 13.2 Å². The average molecular weight is 401 g/mol. The van der Waals surface area contributed by atoms with E-state index in [-0.39, 0.29) is 16.6 Å². The third-order valence-electron chi connectivity index (χ3n) is 4.94. The molecule has 2 aromatic carbocycles. The fourth-order valence-corrected chi connectivity index (χ4v) is 6.05. The second kappa shape index (κ2) is 7.14. The lowest BCUT2D eigenvalue weighted by Gasteiger charge is -2.31. The number of piperidine rings is 1. The van der Waals surface area contributed by atoms with Crippen LogP contribution in [0.5, 0.6) is 0 Å². The van der Waals surface area contributed by atoms with Crippen molar-refractivity contribution < 1.29 is 13.2 Å². The molecule has 140 valence electrons. The molecule has 1 fully saturated rings. The van der Waals surface area contributed by atoms with Crippen molar-refractivity contribution in [3.05, 3.63) is 59.1 Å². The third-order valence-corrected chi connectivity index (χ3v) is 8.02.